The lowest BCUT2D eigenvalue weighted by atomic mass is 10.1. The molecule has 5 nitrogen and oxygen atoms in total. The molecule has 0 saturated carbocycles. The number of hydrogen-bond donors (Lipinski definition) is 1. The van der Waals surface area contributed by atoms with Gasteiger partial charge in [-0.1, -0.05) is 43.7 Å². The first kappa shape index (κ1) is 17.9. The Bertz CT molecular complexity index is 482. The van der Waals surface area contributed by atoms with Crippen LogP contribution in [0.4, 0.5) is 4.79 Å². The summed E-state index contributed by atoms with van der Waals surface area (Å²) in [5.41, 5.74) is 0.977. The molecule has 0 aliphatic rings. The average molecular weight is 303 g/mol. The first-order valence-electron chi connectivity index (χ1n) is 7.81. The van der Waals surface area contributed by atoms with E-state index in [0.29, 0.717) is 13.1 Å². The molecule has 1 rings (SSSR count). The number of carbonyl (C=O) groups excluding carboxylic acids is 1. The summed E-state index contributed by atoms with van der Waals surface area (Å²) in [6, 6.07) is 12.3. The Morgan fingerprint density at radius 2 is 2.00 bits per heavy atom. The number of carbonyl (C=O) groups is 1. The van der Waals surface area contributed by atoms with E-state index in [4.69, 9.17) is 4.74 Å². The molecule has 0 fully saturated rings. The van der Waals surface area contributed by atoms with E-state index in [-0.39, 0.29) is 18.7 Å². The molecular weight excluding hydrogens is 278 g/mol. The Labute approximate surface area is 132 Å². The summed E-state index contributed by atoms with van der Waals surface area (Å²) >= 11 is 0. The molecule has 0 radical (unpaired) electrons. The summed E-state index contributed by atoms with van der Waals surface area (Å²) in [4.78, 5) is 19.8. The number of hydrogen-bond acceptors (Lipinski definition) is 4. The SMILES string of the molecule is CCCC(CCN=C=NCC)NC(=O)OCc1ccccc1. The molecule has 0 aliphatic carbocycles. The highest BCUT2D eigenvalue weighted by atomic mass is 16.5. The Morgan fingerprint density at radius 3 is 2.68 bits per heavy atom. The van der Waals surface area contributed by atoms with Crippen molar-refractivity contribution in [2.24, 2.45) is 9.98 Å². The number of nitrogens with one attached hydrogen (secondary N) is 1. The topological polar surface area (TPSA) is 63.0 Å². The van der Waals surface area contributed by atoms with Crippen molar-refractivity contribution in [3.8, 4) is 0 Å². The first-order valence-corrected chi connectivity index (χ1v) is 7.81. The zero-order chi connectivity index (χ0) is 16.0. The minimum Gasteiger partial charge on any atom is -0.445 e. The van der Waals surface area contributed by atoms with Gasteiger partial charge in [0.2, 0.25) is 0 Å². The molecule has 22 heavy (non-hydrogen) atoms. The molecule has 0 aromatic heterocycles. The third kappa shape index (κ3) is 8.22. The second kappa shape index (κ2) is 11.5. The van der Waals surface area contributed by atoms with Gasteiger partial charge in [-0.3, -0.25) is 0 Å². The van der Waals surface area contributed by atoms with Crippen LogP contribution in [0.5, 0.6) is 0 Å². The van der Waals surface area contributed by atoms with Crippen LogP contribution in [0.15, 0.2) is 40.3 Å². The van der Waals surface area contributed by atoms with E-state index < -0.39 is 0 Å². The lowest BCUT2D eigenvalue weighted by molar-refractivity contribution is 0.134. The Balaban J connectivity index is 2.34. The summed E-state index contributed by atoms with van der Waals surface area (Å²) in [5, 5.41) is 2.90. The predicted octanol–water partition coefficient (Wildman–Crippen LogP) is 3.67. The van der Waals surface area contributed by atoms with Gasteiger partial charge >= 0.3 is 6.09 Å². The average Bonchev–Trinajstić information content (AvgIpc) is 2.54. The van der Waals surface area contributed by atoms with Gasteiger partial charge < -0.3 is 10.1 Å². The highest BCUT2D eigenvalue weighted by molar-refractivity contribution is 5.67. The number of alkyl carbamates (subject to hydrolysis) is 1. The van der Waals surface area contributed by atoms with Gasteiger partial charge in [-0.05, 0) is 25.3 Å². The van der Waals surface area contributed by atoms with Gasteiger partial charge in [-0.25, -0.2) is 14.8 Å². The summed E-state index contributed by atoms with van der Waals surface area (Å²) in [6.45, 7) is 5.60. The number of ether oxygens (including phenoxy) is 1. The van der Waals surface area contributed by atoms with Crippen molar-refractivity contribution in [3.05, 3.63) is 35.9 Å². The van der Waals surface area contributed by atoms with Gasteiger partial charge in [0.1, 0.15) is 6.61 Å². The van der Waals surface area contributed by atoms with Crippen LogP contribution < -0.4 is 5.32 Å². The van der Waals surface area contributed by atoms with Crippen LogP contribution >= 0.6 is 0 Å². The van der Waals surface area contributed by atoms with Crippen molar-refractivity contribution in [2.45, 2.75) is 45.8 Å². The number of rotatable bonds is 9. The summed E-state index contributed by atoms with van der Waals surface area (Å²) in [7, 11) is 0. The van der Waals surface area contributed by atoms with Gasteiger partial charge in [-0.2, -0.15) is 0 Å². The van der Waals surface area contributed by atoms with E-state index in [1.54, 1.807) is 0 Å². The third-order valence-corrected chi connectivity index (χ3v) is 3.06. The van der Waals surface area contributed by atoms with Crippen LogP contribution in [-0.4, -0.2) is 31.2 Å². The lowest BCUT2D eigenvalue weighted by Gasteiger charge is -2.16. The zero-order valence-corrected chi connectivity index (χ0v) is 13.4. The number of aliphatic imine (C=N–C) groups is 2. The number of amides is 1. The molecule has 1 aromatic rings. The monoisotopic (exact) mass is 303 g/mol. The van der Waals surface area contributed by atoms with E-state index >= 15 is 0 Å². The van der Waals surface area contributed by atoms with Crippen molar-refractivity contribution < 1.29 is 9.53 Å². The van der Waals surface area contributed by atoms with E-state index in [9.17, 15) is 4.79 Å². The number of nitrogens with zero attached hydrogens (tertiary/aromatic N) is 2. The molecule has 0 saturated heterocycles. The second-order valence-electron chi connectivity index (χ2n) is 4.94. The van der Waals surface area contributed by atoms with Crippen molar-refractivity contribution >= 4 is 12.1 Å². The standard InChI is InChI=1S/C17H25N3O2/c1-3-8-16(11-12-19-14-18-4-2)20-17(21)22-13-15-9-6-5-7-10-15/h5-7,9-10,16H,3-4,8,11-13H2,1-2H3,(H,20,21). The van der Waals surface area contributed by atoms with Crippen LogP contribution in [0.3, 0.4) is 0 Å². The van der Waals surface area contributed by atoms with Gasteiger partial charge in [0.05, 0.1) is 12.6 Å². The smallest absolute Gasteiger partial charge is 0.407 e. The predicted molar refractivity (Wildman–Crippen MR) is 88.3 cm³/mol. The van der Waals surface area contributed by atoms with Gasteiger partial charge in [0.15, 0.2) is 0 Å². The van der Waals surface area contributed by atoms with Gasteiger partial charge in [0, 0.05) is 12.6 Å². The first-order chi connectivity index (χ1) is 10.8. The maximum absolute atomic E-state index is 11.8. The summed E-state index contributed by atoms with van der Waals surface area (Å²) in [6.07, 6.45) is 2.28. The fourth-order valence-electron chi connectivity index (χ4n) is 1.96. The fraction of sp³-hybridized carbons (Fsp3) is 0.529. The quantitative estimate of drug-likeness (QED) is 0.707. The zero-order valence-electron chi connectivity index (χ0n) is 13.4. The summed E-state index contributed by atoms with van der Waals surface area (Å²) < 4.78 is 5.23. The van der Waals surface area contributed by atoms with Crippen LogP contribution in [0, 0.1) is 0 Å². The van der Waals surface area contributed by atoms with Gasteiger partial charge in [-0.15, -0.1) is 0 Å². The van der Waals surface area contributed by atoms with Crippen LogP contribution in [-0.2, 0) is 11.3 Å². The van der Waals surface area contributed by atoms with Crippen LogP contribution in [0.2, 0.25) is 0 Å². The Morgan fingerprint density at radius 1 is 1.23 bits per heavy atom. The molecule has 5 heteroatoms. The molecular formula is C17H25N3O2. The highest BCUT2D eigenvalue weighted by Crippen LogP contribution is 2.04. The van der Waals surface area contributed by atoms with Crippen molar-refractivity contribution in [3.63, 3.8) is 0 Å². The van der Waals surface area contributed by atoms with Crippen LogP contribution in [0.1, 0.15) is 38.7 Å². The van der Waals surface area contributed by atoms with E-state index in [2.05, 4.69) is 28.2 Å². The molecule has 0 heterocycles. The molecule has 120 valence electrons. The van der Waals surface area contributed by atoms with E-state index in [1.807, 2.05) is 37.3 Å². The maximum Gasteiger partial charge on any atom is 0.407 e. The minimum atomic E-state index is -0.381. The van der Waals surface area contributed by atoms with Crippen molar-refractivity contribution in [1.82, 2.24) is 5.32 Å². The molecule has 0 spiro atoms. The second-order valence-corrected chi connectivity index (χ2v) is 4.94. The molecule has 0 bridgehead atoms. The Kier molecular flexibility index (Phi) is 9.38. The molecule has 1 aromatic carbocycles. The maximum atomic E-state index is 11.8. The molecule has 1 atom stereocenters. The molecule has 1 N–H and O–H groups in total. The Hall–Kier alpha value is -2.13. The normalized spacial score (nSPS) is 11.2. The summed E-state index contributed by atoms with van der Waals surface area (Å²) in [5.74, 6) is 0. The molecule has 0 aliphatic heterocycles. The third-order valence-electron chi connectivity index (χ3n) is 3.06. The van der Waals surface area contributed by atoms with Crippen molar-refractivity contribution in [2.75, 3.05) is 13.1 Å². The highest BCUT2D eigenvalue weighted by Gasteiger charge is 2.12. The number of benzene rings is 1. The molecule has 1 unspecified atom stereocenters. The lowest BCUT2D eigenvalue weighted by Crippen LogP contribution is -2.35. The largest absolute Gasteiger partial charge is 0.445 e. The van der Waals surface area contributed by atoms with E-state index in [1.165, 1.54) is 0 Å². The molecule has 1 amide bonds. The van der Waals surface area contributed by atoms with E-state index in [0.717, 1.165) is 24.8 Å². The minimum absolute atomic E-state index is 0.0699. The van der Waals surface area contributed by atoms with Crippen molar-refractivity contribution in [1.29, 1.82) is 0 Å². The fourth-order valence-corrected chi connectivity index (χ4v) is 1.96. The van der Waals surface area contributed by atoms with Gasteiger partial charge in [0.25, 0.3) is 0 Å². The van der Waals surface area contributed by atoms with Crippen LogP contribution in [0.25, 0.3) is 0 Å².